The van der Waals surface area contributed by atoms with Crippen molar-refractivity contribution in [2.75, 3.05) is 23.7 Å². The lowest BCUT2D eigenvalue weighted by molar-refractivity contribution is 0.605. The summed E-state index contributed by atoms with van der Waals surface area (Å²) in [6.07, 6.45) is 0. The quantitative estimate of drug-likeness (QED) is 0.912. The molecule has 0 spiro atoms. The van der Waals surface area contributed by atoms with Gasteiger partial charge in [-0.1, -0.05) is 13.8 Å². The van der Waals surface area contributed by atoms with Gasteiger partial charge in [0.15, 0.2) is 0 Å². The second kappa shape index (κ2) is 6.62. The highest BCUT2D eigenvalue weighted by Gasteiger charge is 2.25. The van der Waals surface area contributed by atoms with Gasteiger partial charge >= 0.3 is 0 Å². The van der Waals surface area contributed by atoms with Crippen LogP contribution in [0.1, 0.15) is 26.3 Å². The van der Waals surface area contributed by atoms with Crippen molar-refractivity contribution in [3.63, 3.8) is 0 Å². The Labute approximate surface area is 119 Å². The molecule has 1 fully saturated rings. The van der Waals surface area contributed by atoms with Crippen LogP contribution in [0.3, 0.4) is 0 Å². The molecule has 0 radical (unpaired) electrons. The molecule has 2 unspecified atom stereocenters. The van der Waals surface area contributed by atoms with E-state index >= 15 is 0 Å². The largest absolute Gasteiger partial charge is 0.367 e. The predicted molar refractivity (Wildman–Crippen MR) is 82.5 cm³/mol. The summed E-state index contributed by atoms with van der Waals surface area (Å²) in [6, 6.07) is 5.85. The summed E-state index contributed by atoms with van der Waals surface area (Å²) in [5.74, 6) is 0.980. The molecule has 4 heteroatoms. The predicted octanol–water partition coefficient (Wildman–Crippen LogP) is 3.27. The first-order chi connectivity index (χ1) is 9.11. The number of hydrogen-bond acceptors (Lipinski definition) is 3. The molecule has 1 N–H and O–H groups in total. The van der Waals surface area contributed by atoms with Crippen molar-refractivity contribution >= 4 is 17.4 Å². The minimum Gasteiger partial charge on any atom is -0.367 e. The first kappa shape index (κ1) is 14.7. The lowest BCUT2D eigenvalue weighted by atomic mass is 10.1. The van der Waals surface area contributed by atoms with Crippen LogP contribution in [0.4, 0.5) is 10.1 Å². The summed E-state index contributed by atoms with van der Waals surface area (Å²) in [4.78, 5) is 2.33. The third kappa shape index (κ3) is 3.63. The molecular weight excluding hydrogens is 259 g/mol. The van der Waals surface area contributed by atoms with Crippen molar-refractivity contribution < 1.29 is 4.39 Å². The van der Waals surface area contributed by atoms with Crippen LogP contribution in [-0.2, 0) is 6.54 Å². The summed E-state index contributed by atoms with van der Waals surface area (Å²) in [5.41, 5.74) is 2.04. The minimum absolute atomic E-state index is 0.136. The number of nitrogens with one attached hydrogen (secondary N) is 1. The average molecular weight is 282 g/mol. The molecule has 2 atom stereocenters. The lowest BCUT2D eigenvalue weighted by Gasteiger charge is -2.39. The zero-order valence-electron chi connectivity index (χ0n) is 11.9. The van der Waals surface area contributed by atoms with Gasteiger partial charge in [0.1, 0.15) is 5.82 Å². The molecule has 19 heavy (non-hydrogen) atoms. The van der Waals surface area contributed by atoms with E-state index in [-0.39, 0.29) is 5.82 Å². The fraction of sp³-hybridized carbons (Fsp3) is 0.600. The number of anilines is 1. The number of rotatable bonds is 4. The molecule has 2 nitrogen and oxygen atoms in total. The van der Waals surface area contributed by atoms with E-state index in [4.69, 9.17) is 0 Å². The zero-order chi connectivity index (χ0) is 13.8. The van der Waals surface area contributed by atoms with E-state index in [1.54, 1.807) is 12.1 Å². The van der Waals surface area contributed by atoms with Crippen molar-refractivity contribution in [2.24, 2.45) is 0 Å². The topological polar surface area (TPSA) is 15.3 Å². The zero-order valence-corrected chi connectivity index (χ0v) is 12.8. The van der Waals surface area contributed by atoms with Crippen LogP contribution in [0.2, 0.25) is 0 Å². The average Bonchev–Trinajstić information content (AvgIpc) is 2.39. The summed E-state index contributed by atoms with van der Waals surface area (Å²) < 4.78 is 13.8. The summed E-state index contributed by atoms with van der Waals surface area (Å²) >= 11 is 2.00. The number of benzene rings is 1. The van der Waals surface area contributed by atoms with Gasteiger partial charge in [0, 0.05) is 35.8 Å². The van der Waals surface area contributed by atoms with E-state index in [0.717, 1.165) is 36.6 Å². The van der Waals surface area contributed by atoms with E-state index in [9.17, 15) is 4.39 Å². The van der Waals surface area contributed by atoms with Crippen LogP contribution >= 0.6 is 11.8 Å². The third-order valence-electron chi connectivity index (χ3n) is 3.74. The Hall–Kier alpha value is -0.740. The highest BCUT2D eigenvalue weighted by Crippen LogP contribution is 2.30. The Balaban J connectivity index is 2.20. The highest BCUT2D eigenvalue weighted by atomic mass is 32.2. The molecule has 1 aromatic carbocycles. The SMILES string of the molecule is CCNCc1cc(F)cc(N2CCSC(C)C2C)c1. The molecule has 1 aliphatic rings. The van der Waals surface area contributed by atoms with E-state index in [2.05, 4.69) is 37.1 Å². The molecule has 1 aliphatic heterocycles. The van der Waals surface area contributed by atoms with Crippen molar-refractivity contribution in [3.8, 4) is 0 Å². The molecule has 1 saturated heterocycles. The smallest absolute Gasteiger partial charge is 0.125 e. The van der Waals surface area contributed by atoms with Crippen LogP contribution in [0.5, 0.6) is 0 Å². The Morgan fingerprint density at radius 2 is 2.16 bits per heavy atom. The van der Waals surface area contributed by atoms with Gasteiger partial charge in [-0.3, -0.25) is 0 Å². The summed E-state index contributed by atoms with van der Waals surface area (Å²) in [5, 5.41) is 3.84. The Bertz CT molecular complexity index is 425. The van der Waals surface area contributed by atoms with Crippen LogP contribution in [0.15, 0.2) is 18.2 Å². The monoisotopic (exact) mass is 282 g/mol. The molecule has 1 heterocycles. The molecular formula is C15H23FN2S. The fourth-order valence-corrected chi connectivity index (χ4v) is 3.57. The fourth-order valence-electron chi connectivity index (χ4n) is 2.47. The van der Waals surface area contributed by atoms with Crippen LogP contribution in [0, 0.1) is 5.82 Å². The number of nitrogens with zero attached hydrogens (tertiary/aromatic N) is 1. The normalized spacial score (nSPS) is 23.7. The van der Waals surface area contributed by atoms with E-state index in [0.29, 0.717) is 11.3 Å². The summed E-state index contributed by atoms with van der Waals surface area (Å²) in [6.45, 7) is 9.17. The van der Waals surface area contributed by atoms with E-state index < -0.39 is 0 Å². The highest BCUT2D eigenvalue weighted by molar-refractivity contribution is 8.00. The van der Waals surface area contributed by atoms with Crippen LogP contribution < -0.4 is 10.2 Å². The van der Waals surface area contributed by atoms with Gasteiger partial charge in [-0.15, -0.1) is 0 Å². The molecule has 1 aromatic rings. The number of hydrogen-bond donors (Lipinski definition) is 1. The Morgan fingerprint density at radius 1 is 1.37 bits per heavy atom. The van der Waals surface area contributed by atoms with E-state index in [1.807, 2.05) is 11.8 Å². The first-order valence-corrected chi connectivity index (χ1v) is 8.05. The Morgan fingerprint density at radius 3 is 2.89 bits per heavy atom. The van der Waals surface area contributed by atoms with Crippen molar-refractivity contribution in [3.05, 3.63) is 29.6 Å². The molecule has 0 amide bonds. The van der Waals surface area contributed by atoms with Gasteiger partial charge in [-0.05, 0) is 37.2 Å². The maximum Gasteiger partial charge on any atom is 0.125 e. The van der Waals surface area contributed by atoms with Crippen LogP contribution in [0.25, 0.3) is 0 Å². The molecule has 0 bridgehead atoms. The maximum atomic E-state index is 13.8. The standard InChI is InChI=1S/C15H23FN2S/c1-4-17-10-13-7-14(16)9-15(8-13)18-5-6-19-12(3)11(18)2/h7-9,11-12,17H,4-6,10H2,1-3H3. The van der Waals surface area contributed by atoms with E-state index in [1.165, 1.54) is 0 Å². The van der Waals surface area contributed by atoms with Gasteiger partial charge in [0.05, 0.1) is 0 Å². The number of thioether (sulfide) groups is 1. The van der Waals surface area contributed by atoms with Crippen LogP contribution in [-0.4, -0.2) is 30.1 Å². The van der Waals surface area contributed by atoms with Gasteiger partial charge in [0.2, 0.25) is 0 Å². The van der Waals surface area contributed by atoms with Gasteiger partial charge in [-0.25, -0.2) is 4.39 Å². The molecule has 0 aliphatic carbocycles. The molecule has 2 rings (SSSR count). The van der Waals surface area contributed by atoms with Gasteiger partial charge in [-0.2, -0.15) is 11.8 Å². The number of halogens is 1. The Kier molecular flexibility index (Phi) is 5.11. The van der Waals surface area contributed by atoms with Crippen molar-refractivity contribution in [1.82, 2.24) is 5.32 Å². The lowest BCUT2D eigenvalue weighted by Crippen LogP contribution is -2.44. The second-order valence-electron chi connectivity index (χ2n) is 5.11. The van der Waals surface area contributed by atoms with Gasteiger partial charge < -0.3 is 10.2 Å². The van der Waals surface area contributed by atoms with Crippen molar-refractivity contribution in [2.45, 2.75) is 38.6 Å². The van der Waals surface area contributed by atoms with Gasteiger partial charge in [0.25, 0.3) is 0 Å². The molecule has 0 saturated carbocycles. The maximum absolute atomic E-state index is 13.8. The second-order valence-corrected chi connectivity index (χ2v) is 6.59. The molecule has 0 aromatic heterocycles. The first-order valence-electron chi connectivity index (χ1n) is 7.00. The third-order valence-corrected chi connectivity index (χ3v) is 5.07. The molecule has 106 valence electrons. The van der Waals surface area contributed by atoms with Crippen molar-refractivity contribution in [1.29, 1.82) is 0 Å². The summed E-state index contributed by atoms with van der Waals surface area (Å²) in [7, 11) is 0. The minimum atomic E-state index is -0.136.